The molecule has 19 heavy (non-hydrogen) atoms. The van der Waals surface area contributed by atoms with Crippen molar-refractivity contribution in [2.75, 3.05) is 5.32 Å². The number of carbonyl (C=O) groups is 2. The molecule has 0 radical (unpaired) electrons. The lowest BCUT2D eigenvalue weighted by Gasteiger charge is -2.24. The van der Waals surface area contributed by atoms with Crippen LogP contribution in [0, 0.1) is 11.6 Å². The van der Waals surface area contributed by atoms with Gasteiger partial charge in [-0.2, -0.15) is 0 Å². The monoisotopic (exact) mass is 272 g/mol. The van der Waals surface area contributed by atoms with Crippen LogP contribution >= 0.6 is 0 Å². The summed E-state index contributed by atoms with van der Waals surface area (Å²) in [6, 6.07) is 1.84. The smallest absolute Gasteiger partial charge is 0.319 e. The van der Waals surface area contributed by atoms with E-state index in [1.165, 1.54) is 13.8 Å². The molecule has 7 heteroatoms. The first-order valence-electron chi connectivity index (χ1n) is 5.45. The molecule has 0 aliphatic carbocycles. The van der Waals surface area contributed by atoms with E-state index in [1.807, 2.05) is 0 Å². The Labute approximate surface area is 108 Å². The fraction of sp³-hybridized carbons (Fsp3) is 0.333. The Morgan fingerprint density at radius 3 is 2.21 bits per heavy atom. The van der Waals surface area contributed by atoms with Crippen molar-refractivity contribution in [2.24, 2.45) is 0 Å². The van der Waals surface area contributed by atoms with Crippen LogP contribution in [0.1, 0.15) is 20.3 Å². The number of hydrogen-bond acceptors (Lipinski definition) is 2. The van der Waals surface area contributed by atoms with Crippen molar-refractivity contribution in [2.45, 2.75) is 25.8 Å². The Bertz CT molecular complexity index is 483. The van der Waals surface area contributed by atoms with Gasteiger partial charge in [0, 0.05) is 17.3 Å². The molecule has 0 bridgehead atoms. The van der Waals surface area contributed by atoms with E-state index in [0.29, 0.717) is 6.07 Å². The van der Waals surface area contributed by atoms with Crippen LogP contribution < -0.4 is 10.6 Å². The highest BCUT2D eigenvalue weighted by Gasteiger charge is 2.23. The second-order valence-corrected chi connectivity index (χ2v) is 4.69. The Morgan fingerprint density at radius 1 is 1.21 bits per heavy atom. The van der Waals surface area contributed by atoms with Crippen LogP contribution in [0.4, 0.5) is 19.3 Å². The van der Waals surface area contributed by atoms with Crippen LogP contribution in [0.5, 0.6) is 0 Å². The Balaban J connectivity index is 2.67. The van der Waals surface area contributed by atoms with Gasteiger partial charge in [-0.25, -0.2) is 13.6 Å². The molecule has 2 amide bonds. The van der Waals surface area contributed by atoms with Crippen LogP contribution in [0.3, 0.4) is 0 Å². The van der Waals surface area contributed by atoms with Crippen LogP contribution in [0.25, 0.3) is 0 Å². The van der Waals surface area contributed by atoms with Gasteiger partial charge in [-0.3, -0.25) is 4.79 Å². The lowest BCUT2D eigenvalue weighted by Crippen LogP contribution is -2.46. The predicted octanol–water partition coefficient (Wildman–Crippen LogP) is 2.34. The minimum atomic E-state index is -1.07. The second kappa shape index (κ2) is 5.64. The average Bonchev–Trinajstić information content (AvgIpc) is 2.10. The van der Waals surface area contributed by atoms with Gasteiger partial charge in [0.25, 0.3) is 0 Å². The molecule has 3 N–H and O–H groups in total. The summed E-state index contributed by atoms with van der Waals surface area (Å²) in [6.07, 6.45) is -0.280. The number of carboxylic acids is 1. The molecule has 104 valence electrons. The number of carboxylic acid groups (broad SMARTS) is 1. The van der Waals surface area contributed by atoms with Gasteiger partial charge in [0.15, 0.2) is 0 Å². The summed E-state index contributed by atoms with van der Waals surface area (Å²) in [5.41, 5.74) is -1.04. The highest BCUT2D eigenvalue weighted by Crippen LogP contribution is 2.14. The minimum Gasteiger partial charge on any atom is -0.481 e. The highest BCUT2D eigenvalue weighted by atomic mass is 19.1. The molecule has 0 saturated carbocycles. The predicted molar refractivity (Wildman–Crippen MR) is 64.8 cm³/mol. The summed E-state index contributed by atoms with van der Waals surface area (Å²) in [6.45, 7) is 3.04. The molecule has 0 aliphatic rings. The maximum absolute atomic E-state index is 12.9. The third kappa shape index (κ3) is 5.33. The zero-order chi connectivity index (χ0) is 14.6. The van der Waals surface area contributed by atoms with Gasteiger partial charge in [-0.15, -0.1) is 0 Å². The van der Waals surface area contributed by atoms with E-state index in [2.05, 4.69) is 10.6 Å². The highest BCUT2D eigenvalue weighted by molar-refractivity contribution is 5.90. The van der Waals surface area contributed by atoms with Crippen molar-refractivity contribution in [3.63, 3.8) is 0 Å². The largest absolute Gasteiger partial charge is 0.481 e. The number of anilines is 1. The van der Waals surface area contributed by atoms with E-state index < -0.39 is 29.2 Å². The molecule has 0 aromatic heterocycles. The zero-order valence-corrected chi connectivity index (χ0v) is 10.5. The number of aliphatic carboxylic acids is 1. The topological polar surface area (TPSA) is 78.4 Å². The molecule has 1 rings (SSSR count). The van der Waals surface area contributed by atoms with Crippen molar-refractivity contribution < 1.29 is 23.5 Å². The molecule has 0 spiro atoms. The first-order chi connectivity index (χ1) is 8.68. The van der Waals surface area contributed by atoms with E-state index in [-0.39, 0.29) is 12.1 Å². The van der Waals surface area contributed by atoms with Crippen LogP contribution in [-0.2, 0) is 4.79 Å². The number of rotatable bonds is 4. The van der Waals surface area contributed by atoms with Crippen LogP contribution in [0.15, 0.2) is 18.2 Å². The quantitative estimate of drug-likeness (QED) is 0.787. The van der Waals surface area contributed by atoms with Crippen molar-refractivity contribution in [1.29, 1.82) is 0 Å². The van der Waals surface area contributed by atoms with Gasteiger partial charge < -0.3 is 15.7 Å². The van der Waals surface area contributed by atoms with Crippen molar-refractivity contribution >= 4 is 17.7 Å². The van der Waals surface area contributed by atoms with E-state index in [0.717, 1.165) is 12.1 Å². The normalized spacial score (nSPS) is 10.9. The standard InChI is InChI=1S/C12H14F2N2O3/c1-12(2,6-10(17)18)16-11(19)15-9-4-7(13)3-8(14)5-9/h3-5H,6H2,1-2H3,(H,17,18)(H2,15,16,19). The minimum absolute atomic E-state index is 0.0545. The van der Waals surface area contributed by atoms with E-state index in [9.17, 15) is 18.4 Å². The number of urea groups is 1. The van der Waals surface area contributed by atoms with Gasteiger partial charge in [-0.1, -0.05) is 0 Å². The van der Waals surface area contributed by atoms with Gasteiger partial charge in [-0.05, 0) is 26.0 Å². The molecule has 0 atom stereocenters. The Kier molecular flexibility index (Phi) is 4.42. The van der Waals surface area contributed by atoms with E-state index >= 15 is 0 Å². The van der Waals surface area contributed by atoms with Gasteiger partial charge >= 0.3 is 12.0 Å². The van der Waals surface area contributed by atoms with E-state index in [4.69, 9.17) is 5.11 Å². The maximum atomic E-state index is 12.9. The number of benzene rings is 1. The fourth-order valence-electron chi connectivity index (χ4n) is 1.52. The summed E-state index contributed by atoms with van der Waals surface area (Å²) in [4.78, 5) is 22.1. The molecule has 0 aliphatic heterocycles. The third-order valence-corrected chi connectivity index (χ3v) is 2.17. The van der Waals surface area contributed by atoms with Gasteiger partial charge in [0.1, 0.15) is 11.6 Å². The molecule has 0 unspecified atom stereocenters. The third-order valence-electron chi connectivity index (χ3n) is 2.17. The van der Waals surface area contributed by atoms with Gasteiger partial charge in [0.05, 0.1) is 6.42 Å². The van der Waals surface area contributed by atoms with Crippen LogP contribution in [0.2, 0.25) is 0 Å². The molecular weight excluding hydrogens is 258 g/mol. The zero-order valence-electron chi connectivity index (χ0n) is 10.5. The molecule has 5 nitrogen and oxygen atoms in total. The number of hydrogen-bond donors (Lipinski definition) is 3. The summed E-state index contributed by atoms with van der Waals surface area (Å²) in [5, 5.41) is 13.3. The number of carbonyl (C=O) groups excluding carboxylic acids is 1. The molecule has 1 aromatic rings. The van der Waals surface area contributed by atoms with Crippen molar-refractivity contribution in [3.8, 4) is 0 Å². The Hall–Kier alpha value is -2.18. The molecular formula is C12H14F2N2O3. The molecule has 1 aromatic carbocycles. The maximum Gasteiger partial charge on any atom is 0.319 e. The van der Waals surface area contributed by atoms with Crippen molar-refractivity contribution in [3.05, 3.63) is 29.8 Å². The summed E-state index contributed by atoms with van der Waals surface area (Å²) >= 11 is 0. The number of amides is 2. The lowest BCUT2D eigenvalue weighted by atomic mass is 10.0. The second-order valence-electron chi connectivity index (χ2n) is 4.69. The summed E-state index contributed by atoms with van der Waals surface area (Å²) < 4.78 is 25.8. The molecule has 0 saturated heterocycles. The molecule has 0 fully saturated rings. The Morgan fingerprint density at radius 2 is 1.74 bits per heavy atom. The number of halogens is 2. The number of nitrogens with one attached hydrogen (secondary N) is 2. The van der Waals surface area contributed by atoms with Gasteiger partial charge in [0.2, 0.25) is 0 Å². The lowest BCUT2D eigenvalue weighted by molar-refractivity contribution is -0.138. The van der Waals surface area contributed by atoms with Crippen LogP contribution in [-0.4, -0.2) is 22.6 Å². The first kappa shape index (κ1) is 14.9. The first-order valence-corrected chi connectivity index (χ1v) is 5.45. The molecule has 0 heterocycles. The van der Waals surface area contributed by atoms with E-state index in [1.54, 1.807) is 0 Å². The fourth-order valence-corrected chi connectivity index (χ4v) is 1.52. The summed E-state index contributed by atoms with van der Waals surface area (Å²) in [5.74, 6) is -2.71. The van der Waals surface area contributed by atoms with Crippen molar-refractivity contribution in [1.82, 2.24) is 5.32 Å². The average molecular weight is 272 g/mol. The summed E-state index contributed by atoms with van der Waals surface area (Å²) in [7, 11) is 0. The SMILES string of the molecule is CC(C)(CC(=O)O)NC(=O)Nc1cc(F)cc(F)c1.